The van der Waals surface area contributed by atoms with E-state index in [2.05, 4.69) is 6.92 Å². The summed E-state index contributed by atoms with van der Waals surface area (Å²) in [6.45, 7) is 2.29. The molecule has 3 nitrogen and oxygen atoms in total. The Morgan fingerprint density at radius 2 is 2.04 bits per heavy atom. The van der Waals surface area contributed by atoms with Crippen molar-refractivity contribution in [2.45, 2.75) is 57.5 Å². The lowest BCUT2D eigenvalue weighted by Crippen LogP contribution is -2.43. The molecule has 0 saturated heterocycles. The lowest BCUT2D eigenvalue weighted by atomic mass is 9.55. The predicted molar refractivity (Wildman–Crippen MR) is 89.9 cm³/mol. The molecule has 0 aliphatic heterocycles. The quantitative estimate of drug-likeness (QED) is 0.865. The van der Waals surface area contributed by atoms with E-state index in [-0.39, 0.29) is 16.9 Å². The third-order valence-electron chi connectivity index (χ3n) is 7.09. The van der Waals surface area contributed by atoms with Gasteiger partial charge in [-0.25, -0.2) is 0 Å². The van der Waals surface area contributed by atoms with Gasteiger partial charge in [-0.15, -0.1) is 0 Å². The Hall–Kier alpha value is -1.35. The Kier molecular flexibility index (Phi) is 3.53. The van der Waals surface area contributed by atoms with E-state index in [0.29, 0.717) is 23.5 Å². The van der Waals surface area contributed by atoms with Crippen LogP contribution in [-0.4, -0.2) is 18.3 Å². The highest BCUT2D eigenvalue weighted by molar-refractivity contribution is 5.39. The maximum absolute atomic E-state index is 12.1. The van der Waals surface area contributed by atoms with Gasteiger partial charge in [0.15, 0.2) is 5.75 Å². The summed E-state index contributed by atoms with van der Waals surface area (Å²) in [7, 11) is 1.58. The van der Waals surface area contributed by atoms with E-state index in [1.165, 1.54) is 17.5 Å². The van der Waals surface area contributed by atoms with Gasteiger partial charge in [0, 0.05) is 0 Å². The lowest BCUT2D eigenvalue weighted by Gasteiger charge is -2.49. The van der Waals surface area contributed by atoms with Crippen molar-refractivity contribution in [1.82, 2.24) is 0 Å². The van der Waals surface area contributed by atoms with Gasteiger partial charge in [-0.05, 0) is 85.0 Å². The first-order valence-electron chi connectivity index (χ1n) is 8.94. The number of rotatable bonds is 1. The Balaban J connectivity index is 1.78. The van der Waals surface area contributed by atoms with E-state index in [4.69, 9.17) is 4.74 Å². The van der Waals surface area contributed by atoms with Crippen LogP contribution in [0.25, 0.3) is 0 Å². The van der Waals surface area contributed by atoms with E-state index in [1.807, 2.05) is 12.1 Å². The number of aliphatic hydroxyl groups is 1. The summed E-state index contributed by atoms with van der Waals surface area (Å²) in [4.78, 5) is 12.1. The number of fused-ring (bicyclic) bond motifs is 5. The van der Waals surface area contributed by atoms with E-state index in [1.54, 1.807) is 13.2 Å². The molecule has 124 valence electrons. The Morgan fingerprint density at radius 3 is 2.83 bits per heavy atom. The molecule has 0 bridgehead atoms. The molecule has 1 aromatic carbocycles. The van der Waals surface area contributed by atoms with Crippen molar-refractivity contribution in [2.24, 2.45) is 17.3 Å². The van der Waals surface area contributed by atoms with Gasteiger partial charge in [0.05, 0.1) is 13.2 Å². The van der Waals surface area contributed by atoms with E-state index in [0.717, 1.165) is 32.1 Å². The normalized spacial score (nSPS) is 38.4. The maximum Gasteiger partial charge on any atom is 0.220 e. The van der Waals surface area contributed by atoms with Crippen LogP contribution in [0.3, 0.4) is 0 Å². The van der Waals surface area contributed by atoms with Crippen molar-refractivity contribution in [3.05, 3.63) is 39.5 Å². The van der Waals surface area contributed by atoms with Gasteiger partial charge >= 0.3 is 0 Å². The fourth-order valence-corrected chi connectivity index (χ4v) is 5.76. The van der Waals surface area contributed by atoms with Crippen molar-refractivity contribution >= 4 is 0 Å². The molecule has 0 spiro atoms. The number of methoxy groups -OCH3 is 1. The van der Waals surface area contributed by atoms with Crippen LogP contribution in [0.15, 0.2) is 23.0 Å². The molecule has 2 fully saturated rings. The number of hydrogen-bond acceptors (Lipinski definition) is 3. The summed E-state index contributed by atoms with van der Waals surface area (Å²) in [5.41, 5.74) is 2.71. The molecule has 0 heterocycles. The van der Waals surface area contributed by atoms with Crippen molar-refractivity contribution in [2.75, 3.05) is 7.11 Å². The first-order chi connectivity index (χ1) is 11.0. The minimum absolute atomic E-state index is 0.0320. The molecule has 2 saturated carbocycles. The molecule has 0 amide bonds. The fourth-order valence-electron chi connectivity index (χ4n) is 5.76. The number of aryl methyl sites for hydroxylation is 1. The highest BCUT2D eigenvalue weighted by Crippen LogP contribution is 2.60. The molecule has 3 heteroatoms. The van der Waals surface area contributed by atoms with Crippen LogP contribution in [0, 0.1) is 17.3 Å². The van der Waals surface area contributed by atoms with Crippen LogP contribution >= 0.6 is 0 Å². The van der Waals surface area contributed by atoms with Crippen molar-refractivity contribution in [1.29, 1.82) is 0 Å². The van der Waals surface area contributed by atoms with Gasteiger partial charge in [0.2, 0.25) is 5.43 Å². The predicted octanol–water partition coefficient (Wildman–Crippen LogP) is 3.27. The molecule has 0 unspecified atom stereocenters. The molecule has 1 N–H and O–H groups in total. The summed E-state index contributed by atoms with van der Waals surface area (Å²) >= 11 is 0. The smallest absolute Gasteiger partial charge is 0.220 e. The highest BCUT2D eigenvalue weighted by Gasteiger charge is 2.54. The zero-order valence-electron chi connectivity index (χ0n) is 14.0. The molecule has 0 radical (unpaired) electrons. The molecule has 4 rings (SSSR count). The zero-order valence-corrected chi connectivity index (χ0v) is 14.0. The summed E-state index contributed by atoms with van der Waals surface area (Å²) in [5.74, 6) is 2.24. The summed E-state index contributed by atoms with van der Waals surface area (Å²) in [5, 5.41) is 10.5. The minimum atomic E-state index is -0.135. The molecule has 0 aromatic heterocycles. The Morgan fingerprint density at radius 1 is 1.22 bits per heavy atom. The van der Waals surface area contributed by atoms with Gasteiger partial charge in [0.1, 0.15) is 0 Å². The van der Waals surface area contributed by atoms with Crippen LogP contribution in [0.5, 0.6) is 5.75 Å². The number of ether oxygens (including phenoxy) is 1. The summed E-state index contributed by atoms with van der Waals surface area (Å²) in [6, 6.07) is 5.67. The van der Waals surface area contributed by atoms with Gasteiger partial charge in [-0.3, -0.25) is 4.79 Å². The highest BCUT2D eigenvalue weighted by atomic mass is 16.5. The second kappa shape index (κ2) is 5.34. The third kappa shape index (κ3) is 2.16. The number of aliphatic hydroxyl groups excluding tert-OH is 1. The standard InChI is InChI=1S/C20H26O3/c1-20-10-9-13-14(16(20)6-8-19(20)22)5-3-12-4-7-17(21)18(23-2)11-15(12)13/h4,7,11,13-14,16,19,22H,3,5-6,8-10H2,1-2H3/t13-,14+,16-,19-,20-/m0/s1. The third-order valence-corrected chi connectivity index (χ3v) is 7.09. The maximum atomic E-state index is 12.1. The second-order valence-electron chi connectivity index (χ2n) is 7.94. The topological polar surface area (TPSA) is 46.5 Å². The number of hydrogen-bond donors (Lipinski definition) is 1. The fraction of sp³-hybridized carbons (Fsp3) is 0.650. The molecule has 3 aliphatic rings. The van der Waals surface area contributed by atoms with Gasteiger partial charge in [0.25, 0.3) is 0 Å². The van der Waals surface area contributed by atoms with Crippen molar-refractivity contribution in [3.63, 3.8) is 0 Å². The van der Waals surface area contributed by atoms with Crippen LogP contribution in [0.4, 0.5) is 0 Å². The van der Waals surface area contributed by atoms with Gasteiger partial charge in [-0.1, -0.05) is 13.0 Å². The van der Waals surface area contributed by atoms with Gasteiger partial charge in [-0.2, -0.15) is 0 Å². The molecule has 3 aliphatic carbocycles. The monoisotopic (exact) mass is 314 g/mol. The van der Waals surface area contributed by atoms with Crippen LogP contribution in [0.1, 0.15) is 56.1 Å². The van der Waals surface area contributed by atoms with Crippen LogP contribution in [-0.2, 0) is 6.42 Å². The molecule has 23 heavy (non-hydrogen) atoms. The summed E-state index contributed by atoms with van der Waals surface area (Å²) in [6.07, 6.45) is 6.39. The summed E-state index contributed by atoms with van der Waals surface area (Å²) < 4.78 is 5.32. The largest absolute Gasteiger partial charge is 0.493 e. The SMILES string of the molecule is COc1cc2c(ccc1=O)CC[C@@H]1[C@@H]2CC[C@]2(C)[C@@H](O)CC[C@@H]12. The average molecular weight is 314 g/mol. The van der Waals surface area contributed by atoms with E-state index >= 15 is 0 Å². The van der Waals surface area contributed by atoms with E-state index in [9.17, 15) is 9.90 Å². The molecular weight excluding hydrogens is 288 g/mol. The van der Waals surface area contributed by atoms with Crippen LogP contribution in [0.2, 0.25) is 0 Å². The first-order valence-corrected chi connectivity index (χ1v) is 8.94. The van der Waals surface area contributed by atoms with Crippen molar-refractivity contribution in [3.8, 4) is 5.75 Å². The second-order valence-corrected chi connectivity index (χ2v) is 7.94. The van der Waals surface area contributed by atoms with Gasteiger partial charge < -0.3 is 9.84 Å². The average Bonchev–Trinajstić information content (AvgIpc) is 2.75. The first kappa shape index (κ1) is 15.2. The lowest BCUT2D eigenvalue weighted by molar-refractivity contribution is -0.0226. The Labute approximate surface area is 137 Å². The zero-order chi connectivity index (χ0) is 16.2. The molecule has 1 aromatic rings. The Bertz CT molecular complexity index is 683. The van der Waals surface area contributed by atoms with E-state index < -0.39 is 0 Å². The van der Waals surface area contributed by atoms with Crippen LogP contribution < -0.4 is 10.2 Å². The molecule has 5 atom stereocenters. The van der Waals surface area contributed by atoms with Crippen molar-refractivity contribution < 1.29 is 9.84 Å². The minimum Gasteiger partial charge on any atom is -0.493 e. The molecular formula is C20H26O3.